The van der Waals surface area contributed by atoms with E-state index >= 15 is 0 Å². The van der Waals surface area contributed by atoms with Gasteiger partial charge in [-0.05, 0) is 25.0 Å². The fraction of sp³-hybridized carbons (Fsp3) is 0.300. The lowest BCUT2D eigenvalue weighted by molar-refractivity contribution is 0.0812. The van der Waals surface area contributed by atoms with Crippen molar-refractivity contribution in [2.75, 3.05) is 24.3 Å². The fourth-order valence-electron chi connectivity index (χ4n) is 3.13. The first-order chi connectivity index (χ1) is 14.2. The van der Waals surface area contributed by atoms with Gasteiger partial charge < -0.3 is 26.5 Å². The van der Waals surface area contributed by atoms with E-state index in [0.29, 0.717) is 35.5 Å². The van der Waals surface area contributed by atoms with E-state index in [9.17, 15) is 0 Å². The third kappa shape index (κ3) is 4.69. The van der Waals surface area contributed by atoms with Crippen molar-refractivity contribution in [1.29, 1.82) is 5.41 Å². The van der Waals surface area contributed by atoms with Crippen LogP contribution in [-0.2, 0) is 11.3 Å². The molecular formula is C20H23N7OS. The molecule has 0 atom stereocenters. The van der Waals surface area contributed by atoms with Gasteiger partial charge in [0, 0.05) is 64.6 Å². The zero-order valence-electron chi connectivity index (χ0n) is 15.9. The van der Waals surface area contributed by atoms with Crippen molar-refractivity contribution in [2.45, 2.75) is 25.4 Å². The van der Waals surface area contributed by atoms with Crippen LogP contribution in [0.3, 0.4) is 0 Å². The third-order valence-corrected chi connectivity index (χ3v) is 5.86. The predicted molar refractivity (Wildman–Crippen MR) is 117 cm³/mol. The zero-order chi connectivity index (χ0) is 20.1. The second-order valence-electron chi connectivity index (χ2n) is 6.77. The van der Waals surface area contributed by atoms with Crippen molar-refractivity contribution in [3.63, 3.8) is 0 Å². The first-order valence-electron chi connectivity index (χ1n) is 9.46. The summed E-state index contributed by atoms with van der Waals surface area (Å²) in [4.78, 5) is 14.1. The average molecular weight is 410 g/mol. The first kappa shape index (κ1) is 19.3. The van der Waals surface area contributed by atoms with Crippen LogP contribution >= 0.6 is 11.3 Å². The highest BCUT2D eigenvalue weighted by atomic mass is 32.1. The summed E-state index contributed by atoms with van der Waals surface area (Å²) < 4.78 is 6.57. The van der Waals surface area contributed by atoms with Gasteiger partial charge in [-0.25, -0.2) is 9.97 Å². The lowest BCUT2D eigenvalue weighted by Crippen LogP contribution is -2.31. The van der Waals surface area contributed by atoms with Gasteiger partial charge in [0.1, 0.15) is 0 Å². The summed E-state index contributed by atoms with van der Waals surface area (Å²) >= 11 is 1.70. The number of thiophene rings is 1. The molecule has 1 saturated heterocycles. The van der Waals surface area contributed by atoms with Crippen molar-refractivity contribution < 1.29 is 4.74 Å². The topological polar surface area (TPSA) is 122 Å². The molecule has 1 aliphatic rings. The Bertz CT molecular complexity index is 994. The molecule has 0 spiro atoms. The molecule has 5 N–H and O–H groups in total. The number of allylic oxidation sites excluding steroid dienone is 1. The number of ether oxygens (including phenoxy) is 1. The monoisotopic (exact) mass is 409 g/mol. The number of aromatic nitrogens is 3. The summed E-state index contributed by atoms with van der Waals surface area (Å²) in [5, 5.41) is 15.5. The minimum absolute atomic E-state index is 0.332. The molecule has 1 aliphatic heterocycles. The molecule has 3 aromatic heterocycles. The maximum absolute atomic E-state index is 7.76. The number of nitrogens with two attached hydrogens (primary N) is 1. The fourth-order valence-corrected chi connectivity index (χ4v) is 4.10. The molecule has 9 heteroatoms. The van der Waals surface area contributed by atoms with Gasteiger partial charge in [0.2, 0.25) is 0 Å². The summed E-state index contributed by atoms with van der Waals surface area (Å²) in [6, 6.07) is 4.46. The van der Waals surface area contributed by atoms with Crippen LogP contribution in [0.2, 0.25) is 0 Å². The first-order valence-corrected chi connectivity index (χ1v) is 10.3. The number of anilines is 2. The molecular weight excluding hydrogens is 386 g/mol. The van der Waals surface area contributed by atoms with E-state index in [2.05, 4.69) is 31.7 Å². The third-order valence-electron chi connectivity index (χ3n) is 4.75. The Hall–Kier alpha value is -3.04. The second-order valence-corrected chi connectivity index (χ2v) is 7.93. The van der Waals surface area contributed by atoms with Crippen LogP contribution in [0.25, 0.3) is 15.7 Å². The normalized spacial score (nSPS) is 15.4. The highest BCUT2D eigenvalue weighted by Crippen LogP contribution is 2.26. The highest BCUT2D eigenvalue weighted by molar-refractivity contribution is 7.19. The van der Waals surface area contributed by atoms with Crippen molar-refractivity contribution in [1.82, 2.24) is 20.3 Å². The van der Waals surface area contributed by atoms with Crippen molar-refractivity contribution >= 4 is 44.8 Å². The van der Waals surface area contributed by atoms with Crippen LogP contribution in [0.4, 0.5) is 11.6 Å². The Balaban J connectivity index is 1.47. The minimum atomic E-state index is 0.332. The molecule has 4 heterocycles. The van der Waals surface area contributed by atoms with Crippen LogP contribution in [0.1, 0.15) is 23.4 Å². The number of fused-ring (bicyclic) bond motifs is 1. The van der Waals surface area contributed by atoms with E-state index in [-0.39, 0.29) is 0 Å². The molecule has 150 valence electrons. The molecule has 0 aliphatic carbocycles. The van der Waals surface area contributed by atoms with E-state index in [1.54, 1.807) is 23.7 Å². The number of nitrogen functional groups attached to an aromatic ring is 1. The molecule has 0 unspecified atom stereocenters. The number of rotatable bonds is 7. The Morgan fingerprint density at radius 1 is 1.34 bits per heavy atom. The summed E-state index contributed by atoms with van der Waals surface area (Å²) in [6.45, 7) is 2.11. The second kappa shape index (κ2) is 8.97. The van der Waals surface area contributed by atoms with Gasteiger partial charge in [0.25, 0.3) is 0 Å². The Kier molecular flexibility index (Phi) is 5.97. The van der Waals surface area contributed by atoms with Crippen molar-refractivity contribution in [3.05, 3.63) is 47.5 Å². The molecule has 1 fully saturated rings. The minimum Gasteiger partial charge on any atom is -0.387 e. The van der Waals surface area contributed by atoms with Gasteiger partial charge in [-0.15, -0.1) is 11.3 Å². The maximum Gasteiger partial charge on any atom is 0.169 e. The van der Waals surface area contributed by atoms with Crippen molar-refractivity contribution in [2.24, 2.45) is 0 Å². The van der Waals surface area contributed by atoms with E-state index in [1.807, 2.05) is 18.5 Å². The zero-order valence-corrected chi connectivity index (χ0v) is 16.7. The van der Waals surface area contributed by atoms with Crippen LogP contribution in [0, 0.1) is 5.41 Å². The van der Waals surface area contributed by atoms with Crippen LogP contribution in [-0.4, -0.2) is 40.4 Å². The number of hydrogen-bond donors (Lipinski definition) is 4. The number of nitrogens with zero attached hydrogens (tertiary/aromatic N) is 3. The predicted octanol–water partition coefficient (Wildman–Crippen LogP) is 3.04. The van der Waals surface area contributed by atoms with Crippen LogP contribution in [0.5, 0.6) is 0 Å². The van der Waals surface area contributed by atoms with E-state index in [0.717, 1.165) is 36.3 Å². The summed E-state index contributed by atoms with van der Waals surface area (Å²) in [7, 11) is 0. The van der Waals surface area contributed by atoms with Gasteiger partial charge in [0.05, 0.1) is 18.4 Å². The molecule has 0 saturated carbocycles. The lowest BCUT2D eigenvalue weighted by atomic mass is 10.1. The largest absolute Gasteiger partial charge is 0.387 e. The molecule has 29 heavy (non-hydrogen) atoms. The number of nitrogens with one attached hydrogen (secondary N) is 3. The molecule has 8 nitrogen and oxygen atoms in total. The summed E-state index contributed by atoms with van der Waals surface area (Å²) in [6.07, 6.45) is 10.2. The summed E-state index contributed by atoms with van der Waals surface area (Å²) in [5.41, 5.74) is 7.26. The van der Waals surface area contributed by atoms with Crippen LogP contribution < -0.4 is 16.4 Å². The number of pyridine rings is 1. The Labute approximate surface area is 172 Å². The highest BCUT2D eigenvalue weighted by Gasteiger charge is 2.13. The van der Waals surface area contributed by atoms with Crippen molar-refractivity contribution in [3.8, 4) is 0 Å². The van der Waals surface area contributed by atoms with Gasteiger partial charge in [-0.3, -0.25) is 4.98 Å². The molecule has 3 aromatic rings. The quantitative estimate of drug-likeness (QED) is 0.442. The Morgan fingerprint density at radius 3 is 3.00 bits per heavy atom. The van der Waals surface area contributed by atoms with Gasteiger partial charge >= 0.3 is 0 Å². The van der Waals surface area contributed by atoms with E-state index < -0.39 is 0 Å². The lowest BCUT2D eigenvalue weighted by Gasteiger charge is -2.22. The van der Waals surface area contributed by atoms with Crippen LogP contribution in [0.15, 0.2) is 36.9 Å². The smallest absolute Gasteiger partial charge is 0.169 e. The maximum atomic E-state index is 7.76. The van der Waals surface area contributed by atoms with E-state index in [4.69, 9.17) is 15.9 Å². The molecule has 0 aromatic carbocycles. The van der Waals surface area contributed by atoms with E-state index in [1.165, 1.54) is 10.9 Å². The molecule has 0 radical (unpaired) electrons. The molecule has 0 bridgehead atoms. The van der Waals surface area contributed by atoms with Gasteiger partial charge in [0.15, 0.2) is 11.6 Å². The standard InChI is InChI=1S/C20H23N7OS/c21-8-14(10-24-15-2-5-28-6-3-15)17-12-25-19(22)20(27-17)26-11-16-7-13-9-23-4-1-18(13)29-16/h1,4,7-10,12,15,21,24H,2-3,5-6,11H2,(H2,22,25)(H,26,27)/b14-10+,21-8?. The average Bonchev–Trinajstić information content (AvgIpc) is 3.18. The molecule has 4 rings (SSSR count). The van der Waals surface area contributed by atoms with Gasteiger partial charge in [-0.2, -0.15) is 0 Å². The van der Waals surface area contributed by atoms with Gasteiger partial charge in [-0.1, -0.05) is 0 Å². The SMILES string of the molecule is N=C/C(=C\NC1CCOCC1)c1cnc(N)c(NCc2cc3cnccc3s2)n1. The molecule has 0 amide bonds. The Morgan fingerprint density at radius 2 is 2.21 bits per heavy atom. The summed E-state index contributed by atoms with van der Waals surface area (Å²) in [5.74, 6) is 0.843. The number of hydrogen-bond acceptors (Lipinski definition) is 9.